The van der Waals surface area contributed by atoms with Gasteiger partial charge in [-0.05, 0) is 19.3 Å². The average molecular weight is 402 g/mol. The van der Waals surface area contributed by atoms with Gasteiger partial charge in [0.2, 0.25) is 5.91 Å². The molecule has 0 radical (unpaired) electrons. The lowest BCUT2D eigenvalue weighted by molar-refractivity contribution is -0.140. The number of unbranched alkanes of at least 4 members (excludes halogenated alkanes) is 1. The minimum atomic E-state index is -1.17. The molecule has 1 unspecified atom stereocenters. The van der Waals surface area contributed by atoms with Crippen LogP contribution in [0.5, 0.6) is 0 Å². The molecule has 4 N–H and O–H groups in total. The van der Waals surface area contributed by atoms with Gasteiger partial charge in [0.05, 0.1) is 25.9 Å². The number of ether oxygens (including phenoxy) is 2. The molecule has 0 aromatic heterocycles. The Kier molecular flexibility index (Phi) is 16.1. The first-order chi connectivity index (χ1) is 13.4. The number of aliphatic carboxylic acids is 1. The van der Waals surface area contributed by atoms with E-state index < -0.39 is 24.3 Å². The van der Waals surface area contributed by atoms with Crippen LogP contribution in [-0.2, 0) is 28.7 Å². The fourth-order valence-electron chi connectivity index (χ4n) is 2.34. The highest BCUT2D eigenvalue weighted by atomic mass is 16.5. The van der Waals surface area contributed by atoms with E-state index in [4.69, 9.17) is 20.3 Å². The predicted molar refractivity (Wildman–Crippen MR) is 103 cm³/mol. The molecule has 9 nitrogen and oxygen atoms in total. The third kappa shape index (κ3) is 16.3. The lowest BCUT2D eigenvalue weighted by Crippen LogP contribution is -2.30. The number of hydrogen-bond acceptors (Lipinski definition) is 7. The van der Waals surface area contributed by atoms with Crippen molar-refractivity contribution in [3.8, 4) is 0 Å². The monoisotopic (exact) mass is 402 g/mol. The Bertz CT molecular complexity index is 483. The number of carbonyl (C=O) groups is 4. The molecule has 1 amide bonds. The summed E-state index contributed by atoms with van der Waals surface area (Å²) >= 11 is 0. The summed E-state index contributed by atoms with van der Waals surface area (Å²) in [6, 6.07) is -0.476. The Morgan fingerprint density at radius 3 is 2.29 bits per heavy atom. The second kappa shape index (κ2) is 17.3. The van der Waals surface area contributed by atoms with Crippen molar-refractivity contribution in [3.63, 3.8) is 0 Å². The zero-order valence-electron chi connectivity index (χ0n) is 16.7. The van der Waals surface area contributed by atoms with Gasteiger partial charge in [0.15, 0.2) is 0 Å². The Morgan fingerprint density at radius 2 is 1.64 bits per heavy atom. The van der Waals surface area contributed by atoms with Crippen molar-refractivity contribution in [2.75, 3.05) is 33.0 Å². The molecule has 0 fully saturated rings. The largest absolute Gasteiger partial charge is 0.481 e. The number of hydrogen-bond donors (Lipinski definition) is 3. The highest BCUT2D eigenvalue weighted by Gasteiger charge is 2.12. The van der Waals surface area contributed by atoms with E-state index in [2.05, 4.69) is 5.32 Å². The van der Waals surface area contributed by atoms with Crippen LogP contribution in [0.15, 0.2) is 0 Å². The highest BCUT2D eigenvalue weighted by molar-refractivity contribution is 5.93. The maximum absolute atomic E-state index is 11.9. The van der Waals surface area contributed by atoms with Gasteiger partial charge in [-0.1, -0.05) is 13.3 Å². The van der Waals surface area contributed by atoms with Gasteiger partial charge in [0.1, 0.15) is 18.0 Å². The van der Waals surface area contributed by atoms with Gasteiger partial charge in [0.25, 0.3) is 0 Å². The van der Waals surface area contributed by atoms with Crippen molar-refractivity contribution in [3.05, 3.63) is 0 Å². The van der Waals surface area contributed by atoms with Gasteiger partial charge in [-0.3, -0.25) is 19.2 Å². The molecule has 9 heteroatoms. The zero-order valence-corrected chi connectivity index (χ0v) is 16.7. The summed E-state index contributed by atoms with van der Waals surface area (Å²) in [6.07, 6.45) is 3.68. The highest BCUT2D eigenvalue weighted by Crippen LogP contribution is 2.07. The molecular weight excluding hydrogens is 368 g/mol. The number of ketones is 2. The van der Waals surface area contributed by atoms with E-state index in [1.54, 1.807) is 0 Å². The van der Waals surface area contributed by atoms with E-state index in [0.29, 0.717) is 51.9 Å². The first-order valence-corrected chi connectivity index (χ1v) is 9.80. The quantitative estimate of drug-likeness (QED) is 0.213. The Labute approximate surface area is 166 Å². The van der Waals surface area contributed by atoms with E-state index in [1.165, 1.54) is 0 Å². The van der Waals surface area contributed by atoms with Gasteiger partial charge in [0, 0.05) is 32.4 Å². The summed E-state index contributed by atoms with van der Waals surface area (Å²) in [5, 5.41) is 10.8. The number of carbonyl (C=O) groups excluding carboxylic acids is 3. The summed E-state index contributed by atoms with van der Waals surface area (Å²) in [4.78, 5) is 44.5. The molecule has 0 aliphatic rings. The van der Waals surface area contributed by atoms with Crippen LogP contribution in [-0.4, -0.2) is 67.6 Å². The van der Waals surface area contributed by atoms with Crippen LogP contribution in [0.25, 0.3) is 0 Å². The van der Waals surface area contributed by atoms with E-state index in [1.807, 2.05) is 6.92 Å². The van der Waals surface area contributed by atoms with Crippen molar-refractivity contribution in [1.29, 1.82) is 0 Å². The Hall–Kier alpha value is -1.84. The van der Waals surface area contributed by atoms with Crippen molar-refractivity contribution < 1.29 is 33.8 Å². The zero-order chi connectivity index (χ0) is 21.2. The molecule has 0 heterocycles. The van der Waals surface area contributed by atoms with E-state index in [0.717, 1.165) is 12.8 Å². The molecule has 0 aromatic carbocycles. The smallest absolute Gasteiger partial charge is 0.312 e. The molecule has 0 spiro atoms. The normalized spacial score (nSPS) is 11.8. The molecule has 162 valence electrons. The van der Waals surface area contributed by atoms with Gasteiger partial charge in [-0.2, -0.15) is 0 Å². The van der Waals surface area contributed by atoms with Crippen molar-refractivity contribution >= 4 is 23.4 Å². The maximum atomic E-state index is 11.9. The summed E-state index contributed by atoms with van der Waals surface area (Å²) in [7, 11) is 0. The molecule has 0 aromatic rings. The first kappa shape index (κ1) is 26.2. The molecule has 0 aliphatic heterocycles. The van der Waals surface area contributed by atoms with Gasteiger partial charge < -0.3 is 25.6 Å². The van der Waals surface area contributed by atoms with E-state index >= 15 is 0 Å². The van der Waals surface area contributed by atoms with Gasteiger partial charge in [-0.15, -0.1) is 0 Å². The summed E-state index contributed by atoms with van der Waals surface area (Å²) in [6.45, 7) is 3.50. The maximum Gasteiger partial charge on any atom is 0.312 e. The second-order valence-corrected chi connectivity index (χ2v) is 6.46. The van der Waals surface area contributed by atoms with Crippen LogP contribution >= 0.6 is 0 Å². The van der Waals surface area contributed by atoms with Gasteiger partial charge in [-0.25, -0.2) is 0 Å². The SMILES string of the molecule is CCC(=O)CCCCC(N)C(=O)CCCOCCOCCNC(=O)CC(=O)O. The van der Waals surface area contributed by atoms with Crippen LogP contribution in [0.4, 0.5) is 0 Å². The van der Waals surface area contributed by atoms with Crippen molar-refractivity contribution in [2.45, 2.75) is 64.3 Å². The number of amides is 1. The van der Waals surface area contributed by atoms with Crippen molar-refractivity contribution in [1.82, 2.24) is 5.32 Å². The summed E-state index contributed by atoms with van der Waals surface area (Å²) in [5.41, 5.74) is 5.87. The molecular formula is C19H34N2O7. The van der Waals surface area contributed by atoms with Crippen LogP contribution < -0.4 is 11.1 Å². The van der Waals surface area contributed by atoms with Crippen molar-refractivity contribution in [2.24, 2.45) is 5.73 Å². The van der Waals surface area contributed by atoms with Gasteiger partial charge >= 0.3 is 5.97 Å². The number of rotatable bonds is 19. The predicted octanol–water partition coefficient (Wildman–Crippen LogP) is 0.827. The molecule has 0 aliphatic carbocycles. The fraction of sp³-hybridized carbons (Fsp3) is 0.789. The summed E-state index contributed by atoms with van der Waals surface area (Å²) < 4.78 is 10.6. The number of nitrogens with one attached hydrogen (secondary N) is 1. The first-order valence-electron chi connectivity index (χ1n) is 9.80. The van der Waals surface area contributed by atoms with Crippen LogP contribution in [0.2, 0.25) is 0 Å². The standard InChI is InChI=1S/C19H34N2O7/c1-2-15(22)6-3-4-7-16(20)17(23)8-5-10-27-12-13-28-11-9-21-18(24)14-19(25)26/h16H,2-14,20H2,1H3,(H,21,24)(H,25,26). The van der Waals surface area contributed by atoms with Crippen LogP contribution in [0, 0.1) is 0 Å². The molecule has 0 saturated carbocycles. The Morgan fingerprint density at radius 1 is 0.964 bits per heavy atom. The number of nitrogens with two attached hydrogens (primary N) is 1. The number of carboxylic acid groups (broad SMARTS) is 1. The van der Waals surface area contributed by atoms with E-state index in [9.17, 15) is 19.2 Å². The molecule has 28 heavy (non-hydrogen) atoms. The summed E-state index contributed by atoms with van der Waals surface area (Å²) in [5.74, 6) is -1.47. The topological polar surface area (TPSA) is 145 Å². The fourth-order valence-corrected chi connectivity index (χ4v) is 2.34. The second-order valence-electron chi connectivity index (χ2n) is 6.46. The van der Waals surface area contributed by atoms with E-state index in [-0.39, 0.29) is 24.7 Å². The number of carboxylic acids is 1. The minimum Gasteiger partial charge on any atom is -0.481 e. The molecule has 1 atom stereocenters. The minimum absolute atomic E-state index is 0.0128. The molecule has 0 bridgehead atoms. The van der Waals surface area contributed by atoms with Crippen LogP contribution in [0.1, 0.15) is 58.3 Å². The third-order valence-corrected chi connectivity index (χ3v) is 3.99. The lowest BCUT2D eigenvalue weighted by atomic mass is 10.0. The van der Waals surface area contributed by atoms with Crippen LogP contribution in [0.3, 0.4) is 0 Å². The number of Topliss-reactive ketones (excluding diaryl/α,β-unsaturated/α-hetero) is 2. The molecule has 0 saturated heterocycles. The Balaban J connectivity index is 3.45. The lowest BCUT2D eigenvalue weighted by Gasteiger charge is -2.10. The average Bonchev–Trinajstić information content (AvgIpc) is 2.65. The molecule has 0 rings (SSSR count). The third-order valence-electron chi connectivity index (χ3n) is 3.99.